The maximum Gasteiger partial charge on any atom is 0.141 e. The van der Waals surface area contributed by atoms with Gasteiger partial charge in [-0.05, 0) is 23.6 Å². The summed E-state index contributed by atoms with van der Waals surface area (Å²) in [7, 11) is 0. The van der Waals surface area contributed by atoms with Crippen molar-refractivity contribution in [2.75, 3.05) is 5.75 Å². The van der Waals surface area contributed by atoms with Gasteiger partial charge in [-0.15, -0.1) is 11.3 Å². The molecule has 0 saturated heterocycles. The van der Waals surface area contributed by atoms with Crippen LogP contribution in [0.5, 0.6) is 0 Å². The fraction of sp³-hybridized carbons (Fsp3) is 0.455. The smallest absolute Gasteiger partial charge is 0.141 e. The minimum Gasteiger partial charge on any atom is -0.221 e. The number of thiophene rings is 1. The molecular weight excluding hydrogens is 260 g/mol. The Labute approximate surface area is 108 Å². The van der Waals surface area contributed by atoms with Gasteiger partial charge in [-0.1, -0.05) is 24.9 Å². The molecule has 2 aromatic heterocycles. The van der Waals surface area contributed by atoms with Crippen molar-refractivity contribution >= 4 is 44.9 Å². The van der Waals surface area contributed by atoms with Gasteiger partial charge >= 0.3 is 0 Å². The number of fused-ring (bicyclic) bond motifs is 1. The van der Waals surface area contributed by atoms with Crippen molar-refractivity contribution in [1.82, 2.24) is 9.97 Å². The number of nitrogens with zero attached hydrogens (tertiary/aromatic N) is 2. The number of hydrogen-bond donors (Lipinski definition) is 0. The molecule has 0 unspecified atom stereocenters. The van der Waals surface area contributed by atoms with E-state index < -0.39 is 0 Å². The fourth-order valence-electron chi connectivity index (χ4n) is 1.34. The third-order valence-corrected chi connectivity index (χ3v) is 4.33. The van der Waals surface area contributed by atoms with Crippen molar-refractivity contribution in [1.29, 1.82) is 0 Å². The molecule has 0 aliphatic heterocycles. The first-order valence-electron chi connectivity index (χ1n) is 5.28. The average Bonchev–Trinajstić information content (AvgIpc) is 2.73. The number of hydrogen-bond acceptors (Lipinski definition) is 4. The second kappa shape index (κ2) is 5.84. The van der Waals surface area contributed by atoms with E-state index in [1.54, 1.807) is 11.3 Å². The number of unbranched alkanes of at least 4 members (excludes halogenated alkanes) is 1. The van der Waals surface area contributed by atoms with E-state index in [-0.39, 0.29) is 0 Å². The van der Waals surface area contributed by atoms with E-state index in [4.69, 9.17) is 11.6 Å². The molecule has 5 heteroatoms. The highest BCUT2D eigenvalue weighted by Crippen LogP contribution is 2.25. The second-order valence-electron chi connectivity index (χ2n) is 3.48. The minimum atomic E-state index is 0.581. The molecule has 0 aliphatic carbocycles. The third kappa shape index (κ3) is 2.87. The topological polar surface area (TPSA) is 25.8 Å². The molecule has 2 heterocycles. The SMILES string of the molecule is CCCCSCc1nc(Cl)c2ccsc2n1. The summed E-state index contributed by atoms with van der Waals surface area (Å²) in [5.41, 5.74) is 0. The Morgan fingerprint density at radius 2 is 2.31 bits per heavy atom. The van der Waals surface area contributed by atoms with E-state index in [9.17, 15) is 0 Å². The first-order chi connectivity index (χ1) is 7.81. The molecule has 0 aromatic carbocycles. The van der Waals surface area contributed by atoms with Crippen molar-refractivity contribution in [2.45, 2.75) is 25.5 Å². The molecule has 86 valence electrons. The van der Waals surface area contributed by atoms with Crippen molar-refractivity contribution < 1.29 is 0 Å². The Kier molecular flexibility index (Phi) is 4.44. The Bertz CT molecular complexity index is 470. The first kappa shape index (κ1) is 12.1. The van der Waals surface area contributed by atoms with Gasteiger partial charge in [0.05, 0.1) is 5.75 Å². The van der Waals surface area contributed by atoms with Crippen LogP contribution in [0.2, 0.25) is 5.15 Å². The zero-order valence-electron chi connectivity index (χ0n) is 9.07. The maximum absolute atomic E-state index is 6.09. The van der Waals surface area contributed by atoms with Crippen LogP contribution in [0.3, 0.4) is 0 Å². The highest BCUT2D eigenvalue weighted by Gasteiger charge is 2.06. The lowest BCUT2D eigenvalue weighted by Gasteiger charge is -2.01. The number of aromatic nitrogens is 2. The summed E-state index contributed by atoms with van der Waals surface area (Å²) in [6.45, 7) is 2.20. The summed E-state index contributed by atoms with van der Waals surface area (Å²) < 4.78 is 0. The standard InChI is InChI=1S/C11H13ClN2S2/c1-2-3-5-15-7-9-13-10(12)8-4-6-16-11(8)14-9/h4,6H,2-3,5,7H2,1H3. The summed E-state index contributed by atoms with van der Waals surface area (Å²) in [4.78, 5) is 9.80. The molecule has 0 saturated carbocycles. The second-order valence-corrected chi connectivity index (χ2v) is 5.83. The summed E-state index contributed by atoms with van der Waals surface area (Å²) in [5, 5.41) is 3.55. The van der Waals surface area contributed by atoms with Crippen molar-refractivity contribution in [3.63, 3.8) is 0 Å². The normalized spacial score (nSPS) is 11.1. The number of rotatable bonds is 5. The monoisotopic (exact) mass is 272 g/mol. The van der Waals surface area contributed by atoms with Crippen molar-refractivity contribution in [2.24, 2.45) is 0 Å². The van der Waals surface area contributed by atoms with Crippen LogP contribution in [0.25, 0.3) is 10.2 Å². The van der Waals surface area contributed by atoms with Crippen LogP contribution in [0.4, 0.5) is 0 Å². The highest BCUT2D eigenvalue weighted by atomic mass is 35.5. The van der Waals surface area contributed by atoms with Gasteiger partial charge in [0.2, 0.25) is 0 Å². The van der Waals surface area contributed by atoms with Crippen LogP contribution in [0.1, 0.15) is 25.6 Å². The zero-order valence-corrected chi connectivity index (χ0v) is 11.5. The van der Waals surface area contributed by atoms with E-state index in [1.807, 2.05) is 23.2 Å². The van der Waals surface area contributed by atoms with Crippen LogP contribution in [0, 0.1) is 0 Å². The lowest BCUT2D eigenvalue weighted by Crippen LogP contribution is -1.93. The molecule has 0 N–H and O–H groups in total. The lowest BCUT2D eigenvalue weighted by atomic mass is 10.4. The van der Waals surface area contributed by atoms with E-state index in [0.29, 0.717) is 5.15 Å². The minimum absolute atomic E-state index is 0.581. The molecule has 0 fully saturated rings. The molecule has 0 atom stereocenters. The van der Waals surface area contributed by atoms with Crippen molar-refractivity contribution in [3.05, 3.63) is 22.4 Å². The predicted octanol–water partition coefficient (Wildman–Crippen LogP) is 4.38. The van der Waals surface area contributed by atoms with Gasteiger partial charge in [-0.2, -0.15) is 11.8 Å². The van der Waals surface area contributed by atoms with Gasteiger partial charge < -0.3 is 0 Å². The third-order valence-electron chi connectivity index (χ3n) is 2.20. The van der Waals surface area contributed by atoms with Gasteiger partial charge in [0.1, 0.15) is 15.8 Å². The van der Waals surface area contributed by atoms with Crippen LogP contribution in [-0.4, -0.2) is 15.7 Å². The Morgan fingerprint density at radius 1 is 1.44 bits per heavy atom. The average molecular weight is 273 g/mol. The van der Waals surface area contributed by atoms with Gasteiger partial charge in [0, 0.05) is 5.39 Å². The van der Waals surface area contributed by atoms with Gasteiger partial charge in [-0.25, -0.2) is 9.97 Å². The summed E-state index contributed by atoms with van der Waals surface area (Å²) in [5.74, 6) is 2.87. The van der Waals surface area contributed by atoms with Gasteiger partial charge in [0.25, 0.3) is 0 Å². The van der Waals surface area contributed by atoms with Gasteiger partial charge in [0.15, 0.2) is 0 Å². The molecule has 0 radical (unpaired) electrons. The molecule has 2 nitrogen and oxygen atoms in total. The van der Waals surface area contributed by atoms with Crippen LogP contribution < -0.4 is 0 Å². The van der Waals surface area contributed by atoms with E-state index in [2.05, 4.69) is 16.9 Å². The van der Waals surface area contributed by atoms with E-state index in [0.717, 1.165) is 21.8 Å². The van der Waals surface area contributed by atoms with E-state index >= 15 is 0 Å². The molecule has 0 aliphatic rings. The molecule has 0 amide bonds. The van der Waals surface area contributed by atoms with Gasteiger partial charge in [-0.3, -0.25) is 0 Å². The lowest BCUT2D eigenvalue weighted by molar-refractivity contribution is 0.895. The fourth-order valence-corrected chi connectivity index (χ4v) is 3.37. The number of thioether (sulfide) groups is 1. The number of halogens is 1. The Morgan fingerprint density at radius 3 is 3.12 bits per heavy atom. The molecule has 2 aromatic rings. The largest absolute Gasteiger partial charge is 0.221 e. The molecule has 0 bridgehead atoms. The summed E-state index contributed by atoms with van der Waals surface area (Å²) >= 11 is 9.58. The Balaban J connectivity index is 2.06. The maximum atomic E-state index is 6.09. The Hall–Kier alpha value is -0.320. The zero-order chi connectivity index (χ0) is 11.4. The molecular formula is C11H13ClN2S2. The quantitative estimate of drug-likeness (QED) is 0.597. The van der Waals surface area contributed by atoms with Crippen LogP contribution in [-0.2, 0) is 5.75 Å². The highest BCUT2D eigenvalue weighted by molar-refractivity contribution is 7.98. The summed E-state index contributed by atoms with van der Waals surface area (Å²) in [6, 6.07) is 1.97. The van der Waals surface area contributed by atoms with Crippen LogP contribution in [0.15, 0.2) is 11.4 Å². The van der Waals surface area contributed by atoms with Crippen LogP contribution >= 0.6 is 34.7 Å². The molecule has 2 rings (SSSR count). The van der Waals surface area contributed by atoms with E-state index in [1.165, 1.54) is 18.6 Å². The first-order valence-corrected chi connectivity index (χ1v) is 7.70. The molecule has 0 spiro atoms. The van der Waals surface area contributed by atoms with Crippen molar-refractivity contribution in [3.8, 4) is 0 Å². The predicted molar refractivity (Wildman–Crippen MR) is 73.5 cm³/mol. The molecule has 16 heavy (non-hydrogen) atoms. The summed E-state index contributed by atoms with van der Waals surface area (Å²) in [6.07, 6.45) is 2.48.